The summed E-state index contributed by atoms with van der Waals surface area (Å²) in [7, 11) is 0. The third-order valence-electron chi connectivity index (χ3n) is 1.38. The van der Waals surface area contributed by atoms with Crippen LogP contribution >= 0.6 is 11.9 Å². The number of likely N-dealkylation sites (N-methyl/N-ethyl adjacent to an activating group) is 1. The minimum atomic E-state index is 0.614. The molecule has 0 radical (unpaired) electrons. The van der Waals surface area contributed by atoms with E-state index in [4.69, 9.17) is 11.9 Å². The van der Waals surface area contributed by atoms with Gasteiger partial charge in [0.2, 0.25) is 0 Å². The smallest absolute Gasteiger partial charge is 0.0809 e. The largest absolute Gasteiger partial charge is 0.302 e. The first-order chi connectivity index (χ1) is 4.35. The van der Waals surface area contributed by atoms with E-state index in [1.165, 1.54) is 0 Å². The maximum Gasteiger partial charge on any atom is 0.0809 e. The molecule has 0 aromatic carbocycles. The molecule has 9 heavy (non-hydrogen) atoms. The van der Waals surface area contributed by atoms with Crippen molar-refractivity contribution in [3.8, 4) is 0 Å². The molecule has 0 amide bonds. The lowest BCUT2D eigenvalue weighted by atomic mass is 10.5. The number of hydrogen-bond acceptors (Lipinski definition) is 2. The van der Waals surface area contributed by atoms with Crippen LogP contribution in [-0.4, -0.2) is 31.1 Å². The second-order valence-corrected chi connectivity index (χ2v) is 2.06. The predicted octanol–water partition coefficient (Wildman–Crippen LogP) is 1.50. The molecule has 0 bridgehead atoms. The average molecular weight is 152 g/mol. The van der Waals surface area contributed by atoms with Crippen molar-refractivity contribution in [2.75, 3.05) is 26.2 Å². The van der Waals surface area contributed by atoms with E-state index >= 15 is 0 Å². The molecule has 0 saturated heterocycles. The summed E-state index contributed by atoms with van der Waals surface area (Å²) in [6.07, 6.45) is 0. The normalized spacial score (nSPS) is 10.7. The van der Waals surface area contributed by atoms with Crippen LogP contribution in [0.1, 0.15) is 13.8 Å². The van der Waals surface area contributed by atoms with Gasteiger partial charge in [-0.2, -0.15) is 0 Å². The first kappa shape index (κ1) is 9.21. The standard InChI is InChI=1S/C6H14ClNO/c1-3-8(4-2)5-6-9-7/h3-6H2,1-2H3. The summed E-state index contributed by atoms with van der Waals surface area (Å²) in [4.78, 5) is 2.25. The molecule has 0 aliphatic rings. The zero-order valence-electron chi connectivity index (χ0n) is 6.06. The van der Waals surface area contributed by atoms with Crippen molar-refractivity contribution in [1.82, 2.24) is 4.90 Å². The fraction of sp³-hybridized carbons (Fsp3) is 1.00. The SMILES string of the molecule is CCN(CC)CCOCl. The summed E-state index contributed by atoms with van der Waals surface area (Å²) in [6.45, 7) is 7.92. The number of hydrogen-bond donors (Lipinski definition) is 0. The van der Waals surface area contributed by atoms with Gasteiger partial charge in [-0.1, -0.05) is 13.8 Å². The maximum absolute atomic E-state index is 5.03. The lowest BCUT2D eigenvalue weighted by molar-refractivity contribution is 0.234. The second kappa shape index (κ2) is 6.33. The molecule has 3 heteroatoms. The Morgan fingerprint density at radius 2 is 1.89 bits per heavy atom. The van der Waals surface area contributed by atoms with E-state index in [-0.39, 0.29) is 0 Å². The van der Waals surface area contributed by atoms with Crippen LogP contribution in [0.4, 0.5) is 0 Å². The molecule has 56 valence electrons. The molecule has 0 aromatic heterocycles. The summed E-state index contributed by atoms with van der Waals surface area (Å²) < 4.78 is 4.41. The summed E-state index contributed by atoms with van der Waals surface area (Å²) >= 11 is 5.03. The van der Waals surface area contributed by atoms with E-state index in [9.17, 15) is 0 Å². The Hall–Kier alpha value is 0.210. The molecule has 0 atom stereocenters. The van der Waals surface area contributed by atoms with Crippen LogP contribution in [0.3, 0.4) is 0 Å². The van der Waals surface area contributed by atoms with Gasteiger partial charge in [-0.3, -0.25) is 4.29 Å². The van der Waals surface area contributed by atoms with E-state index in [0.717, 1.165) is 19.6 Å². The van der Waals surface area contributed by atoms with Gasteiger partial charge in [-0.05, 0) is 13.1 Å². The first-order valence-corrected chi connectivity index (χ1v) is 3.61. The molecule has 0 fully saturated rings. The van der Waals surface area contributed by atoms with Crippen LogP contribution in [0.2, 0.25) is 0 Å². The lowest BCUT2D eigenvalue weighted by Gasteiger charge is -2.15. The Kier molecular flexibility index (Phi) is 6.48. The van der Waals surface area contributed by atoms with E-state index in [2.05, 4.69) is 23.0 Å². The lowest BCUT2D eigenvalue weighted by Crippen LogP contribution is -2.26. The quantitative estimate of drug-likeness (QED) is 0.591. The molecule has 0 aromatic rings. The molecule has 0 aliphatic heterocycles. The Balaban J connectivity index is 3.09. The number of rotatable bonds is 5. The van der Waals surface area contributed by atoms with Crippen LogP contribution in [0.15, 0.2) is 0 Å². The fourth-order valence-corrected chi connectivity index (χ4v) is 0.772. The van der Waals surface area contributed by atoms with E-state index in [1.807, 2.05) is 0 Å². The highest BCUT2D eigenvalue weighted by molar-refractivity contribution is 6.07. The molecular weight excluding hydrogens is 138 g/mol. The summed E-state index contributed by atoms with van der Waals surface area (Å²) in [5.41, 5.74) is 0. The third kappa shape index (κ3) is 4.70. The Bertz CT molecular complexity index is 57.0. The fourth-order valence-electron chi connectivity index (χ4n) is 0.703. The van der Waals surface area contributed by atoms with Gasteiger partial charge in [0, 0.05) is 6.54 Å². The van der Waals surface area contributed by atoms with E-state index in [0.29, 0.717) is 6.61 Å². The van der Waals surface area contributed by atoms with E-state index < -0.39 is 0 Å². The van der Waals surface area contributed by atoms with Gasteiger partial charge in [0.15, 0.2) is 0 Å². The zero-order valence-corrected chi connectivity index (χ0v) is 6.82. The molecule has 0 saturated carbocycles. The van der Waals surface area contributed by atoms with Crippen molar-refractivity contribution in [3.05, 3.63) is 0 Å². The zero-order chi connectivity index (χ0) is 7.11. The molecule has 0 spiro atoms. The van der Waals surface area contributed by atoms with Crippen LogP contribution in [-0.2, 0) is 4.29 Å². The highest BCUT2D eigenvalue weighted by Gasteiger charge is 1.95. The molecule has 0 N–H and O–H groups in total. The third-order valence-corrected chi connectivity index (χ3v) is 1.53. The van der Waals surface area contributed by atoms with Crippen LogP contribution in [0.25, 0.3) is 0 Å². The average Bonchev–Trinajstić information content (AvgIpc) is 1.91. The van der Waals surface area contributed by atoms with Gasteiger partial charge in [0.1, 0.15) is 0 Å². The van der Waals surface area contributed by atoms with Crippen molar-refractivity contribution >= 4 is 11.9 Å². The van der Waals surface area contributed by atoms with Crippen molar-refractivity contribution in [1.29, 1.82) is 0 Å². The Morgan fingerprint density at radius 1 is 1.33 bits per heavy atom. The maximum atomic E-state index is 5.03. The molecule has 0 rings (SSSR count). The number of halogens is 1. The molecular formula is C6H14ClNO. The van der Waals surface area contributed by atoms with Gasteiger partial charge < -0.3 is 4.90 Å². The first-order valence-electron chi connectivity index (χ1n) is 3.31. The van der Waals surface area contributed by atoms with Gasteiger partial charge in [-0.25, -0.2) is 0 Å². The molecule has 0 unspecified atom stereocenters. The monoisotopic (exact) mass is 151 g/mol. The van der Waals surface area contributed by atoms with Crippen LogP contribution < -0.4 is 0 Å². The Morgan fingerprint density at radius 3 is 2.22 bits per heavy atom. The van der Waals surface area contributed by atoms with Crippen LogP contribution in [0.5, 0.6) is 0 Å². The van der Waals surface area contributed by atoms with Gasteiger partial charge in [0.05, 0.1) is 18.5 Å². The molecule has 0 heterocycles. The van der Waals surface area contributed by atoms with E-state index in [1.54, 1.807) is 0 Å². The highest BCUT2D eigenvalue weighted by Crippen LogP contribution is 1.87. The molecule has 0 aliphatic carbocycles. The topological polar surface area (TPSA) is 12.5 Å². The highest BCUT2D eigenvalue weighted by atomic mass is 35.5. The van der Waals surface area contributed by atoms with Crippen molar-refractivity contribution in [2.24, 2.45) is 0 Å². The molecule has 2 nitrogen and oxygen atoms in total. The summed E-state index contributed by atoms with van der Waals surface area (Å²) in [5.74, 6) is 0. The minimum Gasteiger partial charge on any atom is -0.302 e. The number of nitrogens with zero attached hydrogens (tertiary/aromatic N) is 1. The Labute approximate surface area is 61.9 Å². The second-order valence-electron chi connectivity index (χ2n) is 1.84. The van der Waals surface area contributed by atoms with Crippen LogP contribution in [0, 0.1) is 0 Å². The van der Waals surface area contributed by atoms with Gasteiger partial charge in [-0.15, -0.1) is 0 Å². The van der Waals surface area contributed by atoms with Crippen molar-refractivity contribution in [3.63, 3.8) is 0 Å². The van der Waals surface area contributed by atoms with Gasteiger partial charge in [0.25, 0.3) is 0 Å². The van der Waals surface area contributed by atoms with Crippen molar-refractivity contribution in [2.45, 2.75) is 13.8 Å². The summed E-state index contributed by atoms with van der Waals surface area (Å²) in [6, 6.07) is 0. The minimum absolute atomic E-state index is 0.614. The summed E-state index contributed by atoms with van der Waals surface area (Å²) in [5, 5.41) is 0. The van der Waals surface area contributed by atoms with Gasteiger partial charge >= 0.3 is 0 Å². The predicted molar refractivity (Wildman–Crippen MR) is 39.6 cm³/mol. The van der Waals surface area contributed by atoms with Crippen molar-refractivity contribution < 1.29 is 4.29 Å².